The zero-order valence-corrected chi connectivity index (χ0v) is 18.2. The number of halogens is 2. The van der Waals surface area contributed by atoms with Crippen molar-refractivity contribution in [2.75, 3.05) is 4.72 Å². The van der Waals surface area contributed by atoms with E-state index in [2.05, 4.69) is 9.71 Å². The Morgan fingerprint density at radius 1 is 1.17 bits per heavy atom. The molecule has 0 radical (unpaired) electrons. The molecular formula is C19H18Cl2N4O2S2. The number of nitrogens with one attached hydrogen (secondary N) is 1. The van der Waals surface area contributed by atoms with E-state index in [9.17, 15) is 8.42 Å². The van der Waals surface area contributed by atoms with E-state index < -0.39 is 10.0 Å². The van der Waals surface area contributed by atoms with Crippen LogP contribution in [0.3, 0.4) is 0 Å². The molecule has 6 nitrogen and oxygen atoms in total. The molecule has 10 heteroatoms. The fourth-order valence-electron chi connectivity index (χ4n) is 2.85. The maximum Gasteiger partial charge on any atom is 0.263 e. The van der Waals surface area contributed by atoms with Crippen LogP contribution in [0.2, 0.25) is 0 Å². The van der Waals surface area contributed by atoms with Crippen molar-refractivity contribution in [2.45, 2.75) is 23.3 Å². The first-order valence-corrected chi connectivity index (χ1v) is 10.6. The number of nitrogens with zero attached hydrogens (tertiary/aromatic N) is 2. The van der Waals surface area contributed by atoms with Gasteiger partial charge in [0, 0.05) is 34.3 Å². The average Bonchev–Trinajstić information content (AvgIpc) is 3.19. The molecule has 1 aromatic heterocycles. The van der Waals surface area contributed by atoms with Crippen molar-refractivity contribution in [1.82, 2.24) is 4.98 Å². The fraction of sp³-hybridized carbons (Fsp3) is 0.158. The predicted molar refractivity (Wildman–Crippen MR) is 119 cm³/mol. The lowest BCUT2D eigenvalue weighted by molar-refractivity contribution is 0.601. The number of sulfonamides is 1. The summed E-state index contributed by atoms with van der Waals surface area (Å²) in [5.41, 5.74) is 7.25. The molecule has 3 aromatic rings. The first kappa shape index (κ1) is 23.1. The Hall–Kier alpha value is -2.15. The van der Waals surface area contributed by atoms with Crippen LogP contribution in [-0.4, -0.2) is 19.4 Å². The zero-order valence-electron chi connectivity index (χ0n) is 15.0. The van der Waals surface area contributed by atoms with Gasteiger partial charge in [-0.1, -0.05) is 24.3 Å². The highest BCUT2D eigenvalue weighted by Crippen LogP contribution is 2.43. The van der Waals surface area contributed by atoms with E-state index in [-0.39, 0.29) is 41.3 Å². The summed E-state index contributed by atoms with van der Waals surface area (Å²) in [7, 11) is -3.87. The van der Waals surface area contributed by atoms with Gasteiger partial charge in [0.15, 0.2) is 0 Å². The first-order valence-electron chi connectivity index (χ1n) is 8.31. The number of hydrogen-bond acceptors (Lipinski definition) is 6. The van der Waals surface area contributed by atoms with Gasteiger partial charge in [-0.2, -0.15) is 5.26 Å². The van der Waals surface area contributed by atoms with Crippen LogP contribution in [0.15, 0.2) is 59.6 Å². The number of aromatic nitrogens is 1. The maximum absolute atomic E-state index is 12.7. The molecular weight excluding hydrogens is 451 g/mol. The van der Waals surface area contributed by atoms with Gasteiger partial charge in [0.1, 0.15) is 16.0 Å². The van der Waals surface area contributed by atoms with E-state index >= 15 is 0 Å². The van der Waals surface area contributed by atoms with Crippen LogP contribution in [0.4, 0.5) is 5.69 Å². The average molecular weight is 469 g/mol. The Kier molecular flexibility index (Phi) is 7.27. The normalized spacial score (nSPS) is 17.4. The van der Waals surface area contributed by atoms with Gasteiger partial charge < -0.3 is 5.73 Å². The zero-order chi connectivity index (χ0) is 19.0. The van der Waals surface area contributed by atoms with Crippen LogP contribution in [0.5, 0.6) is 0 Å². The van der Waals surface area contributed by atoms with Crippen LogP contribution in [0.25, 0.3) is 10.6 Å². The third kappa shape index (κ3) is 4.89. The second-order valence-electron chi connectivity index (χ2n) is 6.37. The van der Waals surface area contributed by atoms with Crippen molar-refractivity contribution >= 4 is 51.9 Å². The molecule has 4 rings (SSSR count). The molecule has 3 N–H and O–H groups in total. The summed E-state index contributed by atoms with van der Waals surface area (Å²) in [5.74, 6) is 0.389. The molecule has 152 valence electrons. The lowest BCUT2D eigenvalue weighted by Crippen LogP contribution is -2.14. The standard InChI is InChI=1S/C19H16N4O2S2.2ClH/c20-10-13-4-1-2-7-18(13)27(24,25)23-14-6-3-5-12(8-14)19-22-11-17(26-19)15-9-16(15)21;;/h1-8,11,15-16,23H,9,21H2;2*1H/t15-,16-;;/m1../s1. The Balaban J connectivity index is 0.00000150. The molecule has 0 amide bonds. The van der Waals surface area contributed by atoms with E-state index in [1.807, 2.05) is 18.3 Å². The van der Waals surface area contributed by atoms with Crippen molar-refractivity contribution in [2.24, 2.45) is 5.73 Å². The van der Waals surface area contributed by atoms with E-state index in [1.54, 1.807) is 41.7 Å². The summed E-state index contributed by atoms with van der Waals surface area (Å²) in [6.45, 7) is 0. The molecule has 2 aromatic carbocycles. The summed E-state index contributed by atoms with van der Waals surface area (Å²) in [6, 6.07) is 15.3. The molecule has 0 unspecified atom stereocenters. The molecule has 1 aliphatic carbocycles. The predicted octanol–water partition coefficient (Wildman–Crippen LogP) is 4.14. The van der Waals surface area contributed by atoms with Gasteiger partial charge in [-0.15, -0.1) is 36.2 Å². The molecule has 0 aliphatic heterocycles. The van der Waals surface area contributed by atoms with Crippen molar-refractivity contribution in [3.63, 3.8) is 0 Å². The molecule has 0 bridgehead atoms. The van der Waals surface area contributed by atoms with Gasteiger partial charge in [-0.25, -0.2) is 13.4 Å². The Labute approximate surface area is 185 Å². The minimum atomic E-state index is -3.87. The minimum Gasteiger partial charge on any atom is -0.327 e. The second kappa shape index (κ2) is 9.11. The first-order chi connectivity index (χ1) is 13.0. The number of nitriles is 1. The lowest BCUT2D eigenvalue weighted by Gasteiger charge is -2.10. The third-order valence-electron chi connectivity index (χ3n) is 4.39. The van der Waals surface area contributed by atoms with E-state index in [4.69, 9.17) is 11.0 Å². The van der Waals surface area contributed by atoms with Gasteiger partial charge in [-0.3, -0.25) is 4.72 Å². The fourth-order valence-corrected chi connectivity index (χ4v) is 5.16. The van der Waals surface area contributed by atoms with Crippen LogP contribution < -0.4 is 10.5 Å². The summed E-state index contributed by atoms with van der Waals surface area (Å²) < 4.78 is 27.9. The quantitative estimate of drug-likeness (QED) is 0.584. The van der Waals surface area contributed by atoms with Gasteiger partial charge >= 0.3 is 0 Å². The van der Waals surface area contributed by atoms with Crippen molar-refractivity contribution in [3.8, 4) is 16.6 Å². The van der Waals surface area contributed by atoms with E-state index in [0.29, 0.717) is 11.6 Å². The largest absolute Gasteiger partial charge is 0.327 e. The van der Waals surface area contributed by atoms with Crippen LogP contribution in [0, 0.1) is 11.3 Å². The molecule has 29 heavy (non-hydrogen) atoms. The maximum atomic E-state index is 12.7. The van der Waals surface area contributed by atoms with Crippen LogP contribution in [-0.2, 0) is 10.0 Å². The third-order valence-corrected chi connectivity index (χ3v) is 7.01. The number of rotatable bonds is 5. The minimum absolute atomic E-state index is 0. The molecule has 2 atom stereocenters. The van der Waals surface area contributed by atoms with Gasteiger partial charge in [0.2, 0.25) is 0 Å². The van der Waals surface area contributed by atoms with Crippen molar-refractivity contribution in [1.29, 1.82) is 5.26 Å². The molecule has 0 saturated heterocycles. The molecule has 1 aliphatic rings. The highest BCUT2D eigenvalue weighted by molar-refractivity contribution is 7.92. The summed E-state index contributed by atoms with van der Waals surface area (Å²) in [6.07, 6.45) is 2.83. The van der Waals surface area contributed by atoms with E-state index in [1.165, 1.54) is 12.1 Å². The number of nitrogens with two attached hydrogens (primary N) is 1. The van der Waals surface area contributed by atoms with Crippen LogP contribution >= 0.6 is 36.2 Å². The van der Waals surface area contributed by atoms with Crippen molar-refractivity contribution < 1.29 is 8.42 Å². The topological polar surface area (TPSA) is 109 Å². The van der Waals surface area contributed by atoms with Gasteiger partial charge in [-0.05, 0) is 30.7 Å². The Bertz CT molecular complexity index is 1160. The van der Waals surface area contributed by atoms with E-state index in [0.717, 1.165) is 21.9 Å². The summed E-state index contributed by atoms with van der Waals surface area (Å²) in [5, 5.41) is 9.98. The van der Waals surface area contributed by atoms with Crippen molar-refractivity contribution in [3.05, 3.63) is 65.2 Å². The molecule has 0 spiro atoms. The summed E-state index contributed by atoms with van der Waals surface area (Å²) >= 11 is 1.58. The summed E-state index contributed by atoms with van der Waals surface area (Å²) in [4.78, 5) is 5.56. The number of anilines is 1. The highest BCUT2D eigenvalue weighted by atomic mass is 35.5. The smallest absolute Gasteiger partial charge is 0.263 e. The molecule has 1 heterocycles. The highest BCUT2D eigenvalue weighted by Gasteiger charge is 2.36. The van der Waals surface area contributed by atoms with Gasteiger partial charge in [0.25, 0.3) is 10.0 Å². The Morgan fingerprint density at radius 3 is 2.59 bits per heavy atom. The monoisotopic (exact) mass is 468 g/mol. The number of hydrogen-bond donors (Lipinski definition) is 2. The lowest BCUT2D eigenvalue weighted by atomic mass is 10.2. The molecule has 1 fully saturated rings. The Morgan fingerprint density at radius 2 is 1.90 bits per heavy atom. The second-order valence-corrected chi connectivity index (χ2v) is 9.08. The van der Waals surface area contributed by atoms with Gasteiger partial charge in [0.05, 0.1) is 5.56 Å². The van der Waals surface area contributed by atoms with Crippen LogP contribution in [0.1, 0.15) is 22.8 Å². The number of thiazole rings is 1. The molecule has 1 saturated carbocycles. The SMILES string of the molecule is Cl.Cl.N#Cc1ccccc1S(=O)(=O)Nc1cccc(-c2ncc([C@@H]3C[C@H]3N)s2)c1. The number of benzene rings is 2.